The number of nitrogens with one attached hydrogen (secondary N) is 1. The van der Waals surface area contributed by atoms with E-state index in [4.69, 9.17) is 27.9 Å². The average Bonchev–Trinajstić information content (AvgIpc) is 3.05. The van der Waals surface area contributed by atoms with Crippen LogP contribution in [0.3, 0.4) is 0 Å². The van der Waals surface area contributed by atoms with Gasteiger partial charge in [-0.15, -0.1) is 0 Å². The van der Waals surface area contributed by atoms with E-state index in [0.29, 0.717) is 28.5 Å². The SMILES string of the molecule is CCOc1cccc2c1N[C@H](c1ccc(Cl)cc1Cl)[C@H]1CC=C[C@@H]21. The van der Waals surface area contributed by atoms with Crippen LogP contribution < -0.4 is 10.1 Å². The molecule has 124 valence electrons. The summed E-state index contributed by atoms with van der Waals surface area (Å²) in [6.45, 7) is 2.66. The fourth-order valence-corrected chi connectivity index (χ4v) is 4.46. The lowest BCUT2D eigenvalue weighted by Crippen LogP contribution is -2.29. The predicted octanol–water partition coefficient (Wildman–Crippen LogP) is 6.22. The van der Waals surface area contributed by atoms with Crippen molar-refractivity contribution in [1.29, 1.82) is 0 Å². The van der Waals surface area contributed by atoms with Gasteiger partial charge in [0.15, 0.2) is 0 Å². The number of hydrogen-bond acceptors (Lipinski definition) is 2. The summed E-state index contributed by atoms with van der Waals surface area (Å²) in [5, 5.41) is 5.08. The number of allylic oxidation sites excluding steroid dienone is 2. The smallest absolute Gasteiger partial charge is 0.142 e. The van der Waals surface area contributed by atoms with E-state index in [0.717, 1.165) is 23.4 Å². The molecule has 0 fully saturated rings. The van der Waals surface area contributed by atoms with E-state index in [1.165, 1.54) is 5.56 Å². The molecule has 0 spiro atoms. The third-order valence-corrected chi connectivity index (χ3v) is 5.52. The molecular formula is C20H19Cl2NO. The molecule has 4 heteroatoms. The number of fused-ring (bicyclic) bond motifs is 3. The Hall–Kier alpha value is -1.64. The fourth-order valence-electron chi connectivity index (χ4n) is 3.93. The minimum atomic E-state index is 0.142. The molecule has 0 aromatic heterocycles. The van der Waals surface area contributed by atoms with Crippen LogP contribution >= 0.6 is 23.2 Å². The molecule has 1 N–H and O–H groups in total. The molecule has 0 radical (unpaired) electrons. The van der Waals surface area contributed by atoms with Crippen LogP contribution in [0, 0.1) is 5.92 Å². The first-order valence-electron chi connectivity index (χ1n) is 8.33. The molecule has 0 saturated heterocycles. The van der Waals surface area contributed by atoms with Crippen molar-refractivity contribution in [2.75, 3.05) is 11.9 Å². The minimum Gasteiger partial charge on any atom is -0.492 e. The second-order valence-corrected chi connectivity index (χ2v) is 7.14. The number of ether oxygens (including phenoxy) is 1. The molecule has 24 heavy (non-hydrogen) atoms. The normalized spacial score (nSPS) is 24.2. The monoisotopic (exact) mass is 359 g/mol. The van der Waals surface area contributed by atoms with E-state index in [2.05, 4.69) is 29.6 Å². The van der Waals surface area contributed by atoms with Crippen molar-refractivity contribution < 1.29 is 4.74 Å². The summed E-state index contributed by atoms with van der Waals surface area (Å²) in [4.78, 5) is 0. The number of hydrogen-bond donors (Lipinski definition) is 1. The van der Waals surface area contributed by atoms with E-state index in [9.17, 15) is 0 Å². The zero-order valence-electron chi connectivity index (χ0n) is 13.4. The van der Waals surface area contributed by atoms with Gasteiger partial charge in [-0.2, -0.15) is 0 Å². The van der Waals surface area contributed by atoms with Crippen molar-refractivity contribution in [2.24, 2.45) is 5.92 Å². The Kier molecular flexibility index (Phi) is 4.19. The molecule has 3 atom stereocenters. The van der Waals surface area contributed by atoms with Crippen molar-refractivity contribution in [3.05, 3.63) is 69.7 Å². The number of para-hydroxylation sites is 1. The Morgan fingerprint density at radius 3 is 2.83 bits per heavy atom. The first-order valence-corrected chi connectivity index (χ1v) is 9.08. The fraction of sp³-hybridized carbons (Fsp3) is 0.300. The van der Waals surface area contributed by atoms with Gasteiger partial charge in [-0.05, 0) is 48.6 Å². The van der Waals surface area contributed by atoms with Gasteiger partial charge < -0.3 is 10.1 Å². The van der Waals surface area contributed by atoms with Gasteiger partial charge >= 0.3 is 0 Å². The summed E-state index contributed by atoms with van der Waals surface area (Å²) in [6, 6.07) is 12.2. The second kappa shape index (κ2) is 6.34. The molecule has 2 aromatic carbocycles. The molecule has 0 saturated carbocycles. The zero-order chi connectivity index (χ0) is 16.7. The lowest BCUT2D eigenvalue weighted by Gasteiger charge is -2.38. The van der Waals surface area contributed by atoms with Gasteiger partial charge in [0.05, 0.1) is 18.3 Å². The Labute approximate surface area is 152 Å². The largest absolute Gasteiger partial charge is 0.492 e. The van der Waals surface area contributed by atoms with Crippen molar-refractivity contribution >= 4 is 28.9 Å². The summed E-state index contributed by atoms with van der Waals surface area (Å²) >= 11 is 12.6. The van der Waals surface area contributed by atoms with E-state index in [-0.39, 0.29) is 6.04 Å². The van der Waals surface area contributed by atoms with E-state index in [1.807, 2.05) is 31.2 Å². The molecule has 1 aliphatic heterocycles. The Morgan fingerprint density at radius 1 is 1.17 bits per heavy atom. The average molecular weight is 360 g/mol. The highest BCUT2D eigenvalue weighted by Crippen LogP contribution is 2.53. The third-order valence-electron chi connectivity index (χ3n) is 4.96. The van der Waals surface area contributed by atoms with E-state index >= 15 is 0 Å². The Balaban J connectivity index is 1.81. The van der Waals surface area contributed by atoms with E-state index in [1.54, 1.807) is 0 Å². The van der Waals surface area contributed by atoms with Gasteiger partial charge in [0, 0.05) is 16.0 Å². The van der Waals surface area contributed by atoms with Crippen LogP contribution in [0.1, 0.15) is 36.4 Å². The number of benzene rings is 2. The topological polar surface area (TPSA) is 21.3 Å². The molecule has 0 bridgehead atoms. The zero-order valence-corrected chi connectivity index (χ0v) is 14.9. The molecule has 0 amide bonds. The Bertz CT molecular complexity index is 802. The highest BCUT2D eigenvalue weighted by molar-refractivity contribution is 6.35. The van der Waals surface area contributed by atoms with Crippen LogP contribution in [-0.4, -0.2) is 6.61 Å². The van der Waals surface area contributed by atoms with Crippen LogP contribution in [0.2, 0.25) is 10.0 Å². The van der Waals surface area contributed by atoms with E-state index < -0.39 is 0 Å². The van der Waals surface area contributed by atoms with Crippen LogP contribution in [0.5, 0.6) is 5.75 Å². The number of halogens is 2. The van der Waals surface area contributed by atoms with Gasteiger partial charge in [-0.25, -0.2) is 0 Å². The van der Waals surface area contributed by atoms with Crippen LogP contribution in [0.4, 0.5) is 5.69 Å². The molecule has 2 nitrogen and oxygen atoms in total. The van der Waals surface area contributed by atoms with Crippen molar-refractivity contribution in [1.82, 2.24) is 0 Å². The lowest BCUT2D eigenvalue weighted by molar-refractivity contribution is 0.337. The summed E-state index contributed by atoms with van der Waals surface area (Å²) in [5.74, 6) is 1.75. The maximum Gasteiger partial charge on any atom is 0.142 e. The highest BCUT2D eigenvalue weighted by Gasteiger charge is 2.39. The van der Waals surface area contributed by atoms with Gasteiger partial charge in [0.25, 0.3) is 0 Å². The minimum absolute atomic E-state index is 0.142. The van der Waals surface area contributed by atoms with Crippen LogP contribution in [-0.2, 0) is 0 Å². The molecule has 0 unspecified atom stereocenters. The van der Waals surface area contributed by atoms with Crippen molar-refractivity contribution in [3.8, 4) is 5.75 Å². The quantitative estimate of drug-likeness (QED) is 0.656. The first-order chi connectivity index (χ1) is 11.7. The standard InChI is InChI=1S/C20H19Cl2NO/c1-2-24-18-8-4-7-15-13-5-3-6-14(13)19(23-20(15)18)16-10-9-12(21)11-17(16)22/h3-5,7-11,13-14,19,23H,2,6H2,1H3/t13-,14+,19+/m1/s1. The summed E-state index contributed by atoms with van der Waals surface area (Å²) in [5.41, 5.74) is 3.49. The lowest BCUT2D eigenvalue weighted by atomic mass is 9.77. The molecule has 1 aliphatic carbocycles. The van der Waals surface area contributed by atoms with Gasteiger partial charge in [-0.3, -0.25) is 0 Å². The second-order valence-electron chi connectivity index (χ2n) is 6.29. The highest BCUT2D eigenvalue weighted by atomic mass is 35.5. The van der Waals surface area contributed by atoms with Crippen LogP contribution in [0.25, 0.3) is 0 Å². The van der Waals surface area contributed by atoms with Gasteiger partial charge in [0.2, 0.25) is 0 Å². The number of rotatable bonds is 3. The molecular weight excluding hydrogens is 341 g/mol. The molecule has 2 aromatic rings. The summed E-state index contributed by atoms with van der Waals surface area (Å²) < 4.78 is 5.85. The Morgan fingerprint density at radius 2 is 2.04 bits per heavy atom. The van der Waals surface area contributed by atoms with Crippen molar-refractivity contribution in [2.45, 2.75) is 25.3 Å². The predicted molar refractivity (Wildman–Crippen MR) is 100 cm³/mol. The summed E-state index contributed by atoms with van der Waals surface area (Å²) in [7, 11) is 0. The molecule has 4 rings (SSSR count). The molecule has 2 aliphatic rings. The summed E-state index contributed by atoms with van der Waals surface area (Å²) in [6.07, 6.45) is 5.63. The maximum absolute atomic E-state index is 6.51. The van der Waals surface area contributed by atoms with Crippen molar-refractivity contribution in [3.63, 3.8) is 0 Å². The first kappa shape index (κ1) is 15.9. The molecule has 1 heterocycles. The van der Waals surface area contributed by atoms with Crippen LogP contribution in [0.15, 0.2) is 48.6 Å². The third kappa shape index (κ3) is 2.58. The van der Waals surface area contributed by atoms with Gasteiger partial charge in [-0.1, -0.05) is 53.6 Å². The van der Waals surface area contributed by atoms with Gasteiger partial charge in [0.1, 0.15) is 5.75 Å². The maximum atomic E-state index is 6.51. The number of anilines is 1.